The largest absolute Gasteiger partial charge is 0.472 e. The van der Waals surface area contributed by atoms with Crippen LogP contribution in [-0.2, 0) is 0 Å². The molecule has 0 atom stereocenters. The summed E-state index contributed by atoms with van der Waals surface area (Å²) >= 11 is 0. The predicted octanol–water partition coefficient (Wildman–Crippen LogP) is 1.27. The first-order valence-corrected chi connectivity index (χ1v) is 2.99. The molecule has 0 aliphatic carbocycles. The van der Waals surface area contributed by atoms with Crippen LogP contribution in [-0.4, -0.2) is 11.8 Å². The van der Waals surface area contributed by atoms with Crippen LogP contribution < -0.4 is 5.48 Å². The minimum Gasteiger partial charge on any atom is -0.472 e. The molecule has 3 nitrogen and oxygen atoms in total. The summed E-state index contributed by atoms with van der Waals surface area (Å²) in [5, 5.41) is 8.17. The Morgan fingerprint density at radius 2 is 2.60 bits per heavy atom. The highest BCUT2D eigenvalue weighted by Gasteiger charge is 1.83. The maximum atomic E-state index is 8.17. The lowest BCUT2D eigenvalue weighted by Gasteiger charge is -1.84. The molecule has 0 amide bonds. The molecule has 0 spiro atoms. The number of nitrogens with one attached hydrogen (secondary N) is 1. The lowest BCUT2D eigenvalue weighted by Crippen LogP contribution is -2.04. The smallest absolute Gasteiger partial charge is 0.0974 e. The van der Waals surface area contributed by atoms with Crippen molar-refractivity contribution in [3.63, 3.8) is 0 Å². The number of hydrogen-bond acceptors (Lipinski definition) is 3. The van der Waals surface area contributed by atoms with Gasteiger partial charge in [0.1, 0.15) is 0 Å². The molecule has 0 aromatic carbocycles. The Morgan fingerprint density at radius 1 is 1.70 bits per heavy atom. The van der Waals surface area contributed by atoms with Crippen LogP contribution in [0.5, 0.6) is 0 Å². The summed E-state index contributed by atoms with van der Waals surface area (Å²) < 4.78 is 4.81. The Bertz CT molecular complexity index is 191. The summed E-state index contributed by atoms with van der Waals surface area (Å²) in [5.41, 5.74) is 3.01. The van der Waals surface area contributed by atoms with Crippen molar-refractivity contribution in [3.05, 3.63) is 30.2 Å². The molecule has 0 aliphatic heterocycles. The normalized spacial score (nSPS) is 10.9. The molecule has 1 rings (SSSR count). The zero-order chi connectivity index (χ0) is 7.23. The highest BCUT2D eigenvalue weighted by molar-refractivity contribution is 5.46. The topological polar surface area (TPSA) is 45.4 Å². The molecule has 0 aliphatic rings. The molecule has 54 valence electrons. The van der Waals surface area contributed by atoms with Crippen LogP contribution in [0.2, 0.25) is 0 Å². The van der Waals surface area contributed by atoms with Gasteiger partial charge in [0.05, 0.1) is 12.5 Å². The highest BCUT2D eigenvalue weighted by atomic mass is 16.5. The molecule has 0 saturated heterocycles. The van der Waals surface area contributed by atoms with E-state index >= 15 is 0 Å². The monoisotopic (exact) mass is 139 g/mol. The maximum absolute atomic E-state index is 8.17. The van der Waals surface area contributed by atoms with E-state index in [1.165, 1.54) is 0 Å². The van der Waals surface area contributed by atoms with Crippen molar-refractivity contribution in [2.75, 3.05) is 6.54 Å². The third-order valence-electron chi connectivity index (χ3n) is 1.06. The number of furan rings is 1. The van der Waals surface area contributed by atoms with E-state index in [9.17, 15) is 0 Å². The fourth-order valence-corrected chi connectivity index (χ4v) is 0.618. The van der Waals surface area contributed by atoms with Gasteiger partial charge in [-0.05, 0) is 6.07 Å². The van der Waals surface area contributed by atoms with Crippen molar-refractivity contribution in [2.45, 2.75) is 0 Å². The van der Waals surface area contributed by atoms with Crippen molar-refractivity contribution in [1.29, 1.82) is 0 Å². The fourth-order valence-electron chi connectivity index (χ4n) is 0.618. The summed E-state index contributed by atoms with van der Waals surface area (Å²) in [5.74, 6) is 0. The van der Waals surface area contributed by atoms with E-state index in [1.807, 2.05) is 17.6 Å². The van der Waals surface area contributed by atoms with E-state index < -0.39 is 0 Å². The van der Waals surface area contributed by atoms with Gasteiger partial charge in [0.15, 0.2) is 0 Å². The van der Waals surface area contributed by atoms with E-state index in [1.54, 1.807) is 18.6 Å². The van der Waals surface area contributed by atoms with Crippen molar-refractivity contribution >= 4 is 6.08 Å². The van der Waals surface area contributed by atoms with E-state index in [4.69, 9.17) is 9.62 Å². The second-order valence-corrected chi connectivity index (χ2v) is 1.82. The van der Waals surface area contributed by atoms with Gasteiger partial charge in [0, 0.05) is 12.1 Å². The summed E-state index contributed by atoms with van der Waals surface area (Å²) in [6, 6.07) is 1.84. The summed E-state index contributed by atoms with van der Waals surface area (Å²) in [6.45, 7) is 0.450. The number of rotatable bonds is 3. The molecule has 3 heteroatoms. The van der Waals surface area contributed by atoms with Gasteiger partial charge in [-0.25, -0.2) is 5.48 Å². The minimum absolute atomic E-state index is 0.450. The molecule has 0 saturated carbocycles. The minimum atomic E-state index is 0.450. The van der Waals surface area contributed by atoms with Crippen LogP contribution in [0.1, 0.15) is 5.56 Å². The first kappa shape index (κ1) is 7.05. The third-order valence-corrected chi connectivity index (χ3v) is 1.06. The van der Waals surface area contributed by atoms with Crippen molar-refractivity contribution in [3.8, 4) is 0 Å². The van der Waals surface area contributed by atoms with Gasteiger partial charge < -0.3 is 9.62 Å². The summed E-state index contributed by atoms with van der Waals surface area (Å²) in [7, 11) is 0. The van der Waals surface area contributed by atoms with Gasteiger partial charge in [-0.2, -0.15) is 0 Å². The molecule has 0 radical (unpaired) electrons. The molecule has 10 heavy (non-hydrogen) atoms. The first-order chi connectivity index (χ1) is 4.93. The highest BCUT2D eigenvalue weighted by Crippen LogP contribution is 2.00. The van der Waals surface area contributed by atoms with E-state index in [2.05, 4.69) is 0 Å². The second-order valence-electron chi connectivity index (χ2n) is 1.82. The molecule has 0 bridgehead atoms. The van der Waals surface area contributed by atoms with Crippen molar-refractivity contribution < 1.29 is 9.62 Å². The second kappa shape index (κ2) is 3.87. The van der Waals surface area contributed by atoms with Gasteiger partial charge in [-0.3, -0.25) is 0 Å². The first-order valence-electron chi connectivity index (χ1n) is 2.99. The van der Waals surface area contributed by atoms with E-state index in [0.717, 1.165) is 5.56 Å². The standard InChI is InChI=1S/C7H9NO2/c9-8-4-1-2-7-3-5-10-6-7/h1-3,5-6,8-9H,4H2/b2-1+. The molecular formula is C7H9NO2. The van der Waals surface area contributed by atoms with Gasteiger partial charge in [-0.15, -0.1) is 0 Å². The molecule has 1 aromatic rings. The Balaban J connectivity index is 2.40. The molecule has 2 N–H and O–H groups in total. The maximum Gasteiger partial charge on any atom is 0.0974 e. The van der Waals surface area contributed by atoms with Gasteiger partial charge in [0.2, 0.25) is 0 Å². The average molecular weight is 139 g/mol. The average Bonchev–Trinajstić information content (AvgIpc) is 2.41. The lowest BCUT2D eigenvalue weighted by molar-refractivity contribution is 0.180. The zero-order valence-corrected chi connectivity index (χ0v) is 5.45. The number of hydroxylamine groups is 1. The van der Waals surface area contributed by atoms with Crippen molar-refractivity contribution in [2.24, 2.45) is 0 Å². The molecule has 0 unspecified atom stereocenters. The molecule has 0 fully saturated rings. The Kier molecular flexibility index (Phi) is 2.73. The van der Waals surface area contributed by atoms with E-state index in [0.29, 0.717) is 6.54 Å². The van der Waals surface area contributed by atoms with Crippen molar-refractivity contribution in [1.82, 2.24) is 5.48 Å². The Labute approximate surface area is 58.9 Å². The van der Waals surface area contributed by atoms with Crippen LogP contribution in [0.4, 0.5) is 0 Å². The van der Waals surface area contributed by atoms with Gasteiger partial charge in [-0.1, -0.05) is 12.2 Å². The third kappa shape index (κ3) is 2.05. The predicted molar refractivity (Wildman–Crippen MR) is 37.5 cm³/mol. The van der Waals surface area contributed by atoms with Gasteiger partial charge >= 0.3 is 0 Å². The summed E-state index contributed by atoms with van der Waals surface area (Å²) in [4.78, 5) is 0. The van der Waals surface area contributed by atoms with Crippen LogP contribution in [0, 0.1) is 0 Å². The molecular weight excluding hydrogens is 130 g/mol. The van der Waals surface area contributed by atoms with Crippen LogP contribution in [0.25, 0.3) is 6.08 Å². The Hall–Kier alpha value is -1.06. The quantitative estimate of drug-likeness (QED) is 0.620. The van der Waals surface area contributed by atoms with Crippen LogP contribution in [0.3, 0.4) is 0 Å². The van der Waals surface area contributed by atoms with Crippen LogP contribution >= 0.6 is 0 Å². The summed E-state index contributed by atoms with van der Waals surface area (Å²) in [6.07, 6.45) is 6.89. The SMILES string of the molecule is ONC/C=C/c1ccoc1. The lowest BCUT2D eigenvalue weighted by atomic mass is 10.3. The fraction of sp³-hybridized carbons (Fsp3) is 0.143. The van der Waals surface area contributed by atoms with E-state index in [-0.39, 0.29) is 0 Å². The molecule has 1 aromatic heterocycles. The molecule has 1 heterocycles. The Morgan fingerprint density at radius 3 is 3.20 bits per heavy atom. The number of hydrogen-bond donors (Lipinski definition) is 2. The zero-order valence-electron chi connectivity index (χ0n) is 5.45. The van der Waals surface area contributed by atoms with Crippen LogP contribution in [0.15, 0.2) is 29.1 Å². The van der Waals surface area contributed by atoms with Gasteiger partial charge in [0.25, 0.3) is 0 Å².